The lowest BCUT2D eigenvalue weighted by Crippen LogP contribution is -2.12. The molecule has 22 heavy (non-hydrogen) atoms. The Morgan fingerprint density at radius 3 is 2.50 bits per heavy atom. The van der Waals surface area contributed by atoms with Crippen LogP contribution in [-0.4, -0.2) is 19.0 Å². The first-order valence-corrected chi connectivity index (χ1v) is 8.87. The van der Waals surface area contributed by atoms with Gasteiger partial charge in [0.25, 0.3) is 5.91 Å². The van der Waals surface area contributed by atoms with Gasteiger partial charge in [-0.15, -0.1) is 34.0 Å². The predicted molar refractivity (Wildman–Crippen MR) is 91.2 cm³/mol. The molecule has 0 aliphatic rings. The zero-order valence-electron chi connectivity index (χ0n) is 11.5. The van der Waals surface area contributed by atoms with Gasteiger partial charge in [-0.3, -0.25) is 4.79 Å². The van der Waals surface area contributed by atoms with Gasteiger partial charge in [-0.25, -0.2) is 4.79 Å². The molecule has 0 unspecified atom stereocenters. The van der Waals surface area contributed by atoms with Crippen molar-refractivity contribution in [1.82, 2.24) is 0 Å². The lowest BCUT2D eigenvalue weighted by Gasteiger charge is -2.03. The summed E-state index contributed by atoms with van der Waals surface area (Å²) in [6.07, 6.45) is 0. The van der Waals surface area contributed by atoms with Gasteiger partial charge < -0.3 is 10.1 Å². The normalized spacial score (nSPS) is 10.4. The molecular formula is C15H11NO3S3. The highest BCUT2D eigenvalue weighted by Gasteiger charge is 2.20. The zero-order valence-corrected chi connectivity index (χ0v) is 13.9. The van der Waals surface area contributed by atoms with E-state index in [1.165, 1.54) is 29.8 Å². The number of carbonyl (C=O) groups is 2. The molecule has 0 radical (unpaired) electrons. The van der Waals surface area contributed by atoms with E-state index < -0.39 is 5.97 Å². The van der Waals surface area contributed by atoms with Crippen molar-refractivity contribution in [2.75, 3.05) is 12.4 Å². The van der Waals surface area contributed by atoms with Crippen molar-refractivity contribution in [2.24, 2.45) is 0 Å². The minimum absolute atomic E-state index is 0.226. The summed E-state index contributed by atoms with van der Waals surface area (Å²) >= 11 is 4.25. The van der Waals surface area contributed by atoms with E-state index in [-0.39, 0.29) is 5.91 Å². The number of esters is 1. The summed E-state index contributed by atoms with van der Waals surface area (Å²) < 4.78 is 4.81. The molecule has 3 heterocycles. The Hall–Kier alpha value is -1.96. The van der Waals surface area contributed by atoms with Crippen LogP contribution in [0.4, 0.5) is 5.69 Å². The standard InChI is InChI=1S/C15H11NO3S3/c1-19-15(18)13-9(16-14(17)11-5-3-7-21-11)8-12(22-13)10-4-2-6-20-10/h2-8H,1H3,(H,16,17). The molecule has 112 valence electrons. The molecule has 0 spiro atoms. The van der Waals surface area contributed by atoms with Gasteiger partial charge >= 0.3 is 5.97 Å². The van der Waals surface area contributed by atoms with E-state index in [0.717, 1.165) is 9.75 Å². The minimum Gasteiger partial charge on any atom is -0.465 e. The molecular weight excluding hydrogens is 338 g/mol. The molecule has 1 N–H and O–H groups in total. The van der Waals surface area contributed by atoms with Crippen LogP contribution in [0.1, 0.15) is 19.3 Å². The molecule has 0 fully saturated rings. The van der Waals surface area contributed by atoms with E-state index in [4.69, 9.17) is 4.74 Å². The van der Waals surface area contributed by atoms with E-state index in [1.807, 2.05) is 35.0 Å². The Balaban J connectivity index is 1.94. The fourth-order valence-electron chi connectivity index (χ4n) is 1.86. The summed E-state index contributed by atoms with van der Waals surface area (Å²) in [4.78, 5) is 27.1. The van der Waals surface area contributed by atoms with Crippen LogP contribution < -0.4 is 5.32 Å². The Morgan fingerprint density at radius 2 is 1.86 bits per heavy atom. The van der Waals surface area contributed by atoms with E-state index in [0.29, 0.717) is 15.4 Å². The topological polar surface area (TPSA) is 55.4 Å². The van der Waals surface area contributed by atoms with Crippen LogP contribution >= 0.6 is 34.0 Å². The third-order valence-corrected chi connectivity index (χ3v) is 5.91. The van der Waals surface area contributed by atoms with Crippen LogP contribution in [0.15, 0.2) is 41.1 Å². The number of nitrogens with one attached hydrogen (secondary N) is 1. The fraction of sp³-hybridized carbons (Fsp3) is 0.0667. The number of hydrogen-bond donors (Lipinski definition) is 1. The molecule has 0 aliphatic carbocycles. The maximum Gasteiger partial charge on any atom is 0.350 e. The number of methoxy groups -OCH3 is 1. The average molecular weight is 349 g/mol. The zero-order chi connectivity index (χ0) is 15.5. The highest BCUT2D eigenvalue weighted by atomic mass is 32.1. The van der Waals surface area contributed by atoms with Gasteiger partial charge in [-0.2, -0.15) is 0 Å². The quantitative estimate of drug-likeness (QED) is 0.702. The van der Waals surface area contributed by atoms with E-state index in [9.17, 15) is 9.59 Å². The first-order chi connectivity index (χ1) is 10.7. The molecule has 4 nitrogen and oxygen atoms in total. The van der Waals surface area contributed by atoms with Gasteiger partial charge in [0.2, 0.25) is 0 Å². The highest BCUT2D eigenvalue weighted by molar-refractivity contribution is 7.22. The van der Waals surface area contributed by atoms with Crippen LogP contribution in [0.25, 0.3) is 9.75 Å². The summed E-state index contributed by atoms with van der Waals surface area (Å²) in [5.41, 5.74) is 0.485. The largest absolute Gasteiger partial charge is 0.465 e. The first kappa shape index (κ1) is 15.0. The number of thiophene rings is 3. The number of anilines is 1. The van der Waals surface area contributed by atoms with Crippen LogP contribution in [0, 0.1) is 0 Å². The van der Waals surface area contributed by atoms with Gasteiger partial charge in [0.1, 0.15) is 4.88 Å². The molecule has 3 rings (SSSR count). The summed E-state index contributed by atoms with van der Waals surface area (Å²) in [7, 11) is 1.33. The van der Waals surface area contributed by atoms with Crippen LogP contribution in [0.2, 0.25) is 0 Å². The first-order valence-electron chi connectivity index (χ1n) is 6.30. The van der Waals surface area contributed by atoms with Crippen LogP contribution in [-0.2, 0) is 4.74 Å². The molecule has 0 saturated carbocycles. The minimum atomic E-state index is -0.450. The van der Waals surface area contributed by atoms with Gasteiger partial charge in [0.15, 0.2) is 0 Å². The maximum absolute atomic E-state index is 12.2. The summed E-state index contributed by atoms with van der Waals surface area (Å²) in [5, 5.41) is 6.60. The second kappa shape index (κ2) is 6.43. The number of ether oxygens (including phenoxy) is 1. The summed E-state index contributed by atoms with van der Waals surface area (Å²) in [5.74, 6) is -0.676. The third kappa shape index (κ3) is 2.96. The molecule has 0 bridgehead atoms. The highest BCUT2D eigenvalue weighted by Crippen LogP contribution is 2.37. The second-order valence-electron chi connectivity index (χ2n) is 4.25. The Morgan fingerprint density at radius 1 is 1.09 bits per heavy atom. The number of carbonyl (C=O) groups excluding carboxylic acids is 2. The van der Waals surface area contributed by atoms with Crippen molar-refractivity contribution in [1.29, 1.82) is 0 Å². The average Bonchev–Trinajstić information content (AvgIpc) is 3.25. The van der Waals surface area contributed by atoms with E-state index in [2.05, 4.69) is 5.32 Å². The van der Waals surface area contributed by atoms with E-state index >= 15 is 0 Å². The molecule has 7 heteroatoms. The summed E-state index contributed by atoms with van der Waals surface area (Å²) in [6.45, 7) is 0. The number of hydrogen-bond acceptors (Lipinski definition) is 6. The van der Waals surface area contributed by atoms with Crippen molar-refractivity contribution in [3.63, 3.8) is 0 Å². The SMILES string of the molecule is COC(=O)c1sc(-c2cccs2)cc1NC(=O)c1cccs1. The van der Waals surface area contributed by atoms with Gasteiger partial charge in [0, 0.05) is 9.75 Å². The number of rotatable bonds is 4. The molecule has 0 atom stereocenters. The molecule has 0 saturated heterocycles. The molecule has 0 aliphatic heterocycles. The Bertz CT molecular complexity index is 788. The third-order valence-electron chi connectivity index (χ3n) is 2.86. The lowest BCUT2D eigenvalue weighted by molar-refractivity contribution is 0.0607. The van der Waals surface area contributed by atoms with Crippen molar-refractivity contribution in [3.05, 3.63) is 50.8 Å². The summed E-state index contributed by atoms with van der Waals surface area (Å²) in [6, 6.07) is 9.29. The monoisotopic (exact) mass is 349 g/mol. The van der Waals surface area contributed by atoms with Crippen molar-refractivity contribution < 1.29 is 14.3 Å². The van der Waals surface area contributed by atoms with Crippen molar-refractivity contribution >= 4 is 51.6 Å². The van der Waals surface area contributed by atoms with Crippen molar-refractivity contribution in [2.45, 2.75) is 0 Å². The number of amides is 1. The van der Waals surface area contributed by atoms with E-state index in [1.54, 1.807) is 17.4 Å². The van der Waals surface area contributed by atoms with Gasteiger partial charge in [-0.05, 0) is 29.0 Å². The fourth-order valence-corrected chi connectivity index (χ4v) is 4.34. The molecule has 3 aromatic heterocycles. The molecule has 0 aromatic carbocycles. The lowest BCUT2D eigenvalue weighted by atomic mass is 10.3. The maximum atomic E-state index is 12.2. The van der Waals surface area contributed by atoms with Gasteiger partial charge in [0.05, 0.1) is 17.7 Å². The van der Waals surface area contributed by atoms with Crippen LogP contribution in [0.3, 0.4) is 0 Å². The second-order valence-corrected chi connectivity index (χ2v) is 7.20. The predicted octanol–water partition coefficient (Wildman–Crippen LogP) is 4.58. The van der Waals surface area contributed by atoms with Crippen molar-refractivity contribution in [3.8, 4) is 9.75 Å². The van der Waals surface area contributed by atoms with Gasteiger partial charge in [-0.1, -0.05) is 12.1 Å². The molecule has 3 aromatic rings. The Kier molecular flexibility index (Phi) is 4.37. The smallest absolute Gasteiger partial charge is 0.350 e. The Labute approximate surface area is 139 Å². The molecule has 1 amide bonds. The van der Waals surface area contributed by atoms with Crippen LogP contribution in [0.5, 0.6) is 0 Å².